The van der Waals surface area contributed by atoms with E-state index in [1.807, 2.05) is 24.3 Å². The van der Waals surface area contributed by atoms with Crippen LogP contribution < -0.4 is 10.4 Å². The molecule has 0 saturated heterocycles. The quantitative estimate of drug-likeness (QED) is 0.169. The molecule has 1 aliphatic rings. The van der Waals surface area contributed by atoms with Gasteiger partial charge in [0.15, 0.2) is 17.5 Å². The van der Waals surface area contributed by atoms with Crippen LogP contribution in [0.15, 0.2) is 168 Å². The van der Waals surface area contributed by atoms with Gasteiger partial charge < -0.3 is 4.42 Å². The molecule has 0 radical (unpaired) electrons. The predicted octanol–water partition coefficient (Wildman–Crippen LogP) is 10.9. The normalized spacial score (nSPS) is 13.0. The Morgan fingerprint density at radius 3 is 1.81 bits per heavy atom. The summed E-state index contributed by atoms with van der Waals surface area (Å²) in [4.78, 5) is 15.9. The molecule has 0 fully saturated rings. The minimum atomic E-state index is -2.18. The minimum Gasteiger partial charge on any atom is -0.455 e. The van der Waals surface area contributed by atoms with E-state index in [9.17, 15) is 0 Å². The molecule has 4 nitrogen and oxygen atoms in total. The van der Waals surface area contributed by atoms with Crippen LogP contribution in [0.2, 0.25) is 13.1 Å². The highest BCUT2D eigenvalue weighted by molar-refractivity contribution is 7.04. The maximum Gasteiger partial charge on any atom is 0.167 e. The molecule has 0 atom stereocenters. The molecule has 0 N–H and O–H groups in total. The summed E-state index contributed by atoms with van der Waals surface area (Å²) < 4.78 is 6.74. The first-order valence-electron chi connectivity index (χ1n) is 17.7. The van der Waals surface area contributed by atoms with Crippen LogP contribution in [-0.4, -0.2) is 23.0 Å². The molecule has 0 amide bonds. The van der Waals surface area contributed by atoms with E-state index < -0.39 is 8.07 Å². The summed E-state index contributed by atoms with van der Waals surface area (Å²) in [6.07, 6.45) is 0. The summed E-state index contributed by atoms with van der Waals surface area (Å²) >= 11 is 0. The predicted molar refractivity (Wildman–Crippen MR) is 216 cm³/mol. The van der Waals surface area contributed by atoms with Crippen LogP contribution >= 0.6 is 0 Å². The number of hydrogen-bond acceptors (Lipinski definition) is 4. The molecule has 0 bridgehead atoms. The number of aromatic nitrogens is 3. The summed E-state index contributed by atoms with van der Waals surface area (Å²) in [7, 11) is -2.18. The van der Waals surface area contributed by atoms with Crippen molar-refractivity contribution in [2.45, 2.75) is 13.1 Å². The lowest BCUT2D eigenvalue weighted by atomic mass is 9.94. The second-order valence-electron chi connectivity index (χ2n) is 14.0. The van der Waals surface area contributed by atoms with E-state index in [2.05, 4.69) is 153 Å². The van der Waals surface area contributed by atoms with Gasteiger partial charge in [-0.1, -0.05) is 159 Å². The number of hydrogen-bond donors (Lipinski definition) is 0. The lowest BCUT2D eigenvalue weighted by Crippen LogP contribution is -2.50. The van der Waals surface area contributed by atoms with Gasteiger partial charge in [-0.2, -0.15) is 0 Å². The SMILES string of the molecule is C[Si]1(C)c2ccccc2-c2ccc(-c3ccccc3)c(-c3nc(-c4ccccc4)nc(-c4cccc5c4oc4cc(-c6ccccc6)ccc45)n3)c21. The van der Waals surface area contributed by atoms with Crippen LogP contribution in [0.4, 0.5) is 0 Å². The van der Waals surface area contributed by atoms with Gasteiger partial charge in [0.05, 0.1) is 5.56 Å². The van der Waals surface area contributed by atoms with E-state index in [0.29, 0.717) is 17.5 Å². The van der Waals surface area contributed by atoms with Crippen molar-refractivity contribution in [3.05, 3.63) is 164 Å². The minimum absolute atomic E-state index is 0.586. The molecule has 2 aromatic heterocycles. The molecule has 7 aromatic carbocycles. The van der Waals surface area contributed by atoms with Crippen molar-refractivity contribution in [2.24, 2.45) is 0 Å². The summed E-state index contributed by atoms with van der Waals surface area (Å²) in [6, 6.07) is 57.4. The average Bonchev–Trinajstić information content (AvgIpc) is 3.70. The molecule has 0 saturated carbocycles. The van der Waals surface area contributed by atoms with E-state index in [-0.39, 0.29) is 0 Å². The first-order chi connectivity index (χ1) is 25.5. The molecule has 10 rings (SSSR count). The Morgan fingerprint density at radius 1 is 0.423 bits per heavy atom. The fraction of sp³-hybridized carbons (Fsp3) is 0.0426. The van der Waals surface area contributed by atoms with Gasteiger partial charge in [0.25, 0.3) is 0 Å². The first kappa shape index (κ1) is 30.4. The number of nitrogens with zero attached hydrogens (tertiary/aromatic N) is 3. The average molecular weight is 684 g/mol. The molecular formula is C47H33N3OSi. The van der Waals surface area contributed by atoms with Crippen LogP contribution in [-0.2, 0) is 0 Å². The van der Waals surface area contributed by atoms with Crippen molar-refractivity contribution >= 4 is 40.4 Å². The van der Waals surface area contributed by atoms with Gasteiger partial charge >= 0.3 is 0 Å². The van der Waals surface area contributed by atoms with Crippen LogP contribution in [0.5, 0.6) is 0 Å². The van der Waals surface area contributed by atoms with Gasteiger partial charge in [0, 0.05) is 21.9 Å². The van der Waals surface area contributed by atoms with Gasteiger partial charge in [-0.05, 0) is 62.0 Å². The highest BCUT2D eigenvalue weighted by Crippen LogP contribution is 2.41. The molecule has 5 heteroatoms. The largest absolute Gasteiger partial charge is 0.455 e. The van der Waals surface area contributed by atoms with Crippen molar-refractivity contribution in [3.8, 4) is 67.5 Å². The number of benzene rings is 7. The molecular weight excluding hydrogens is 651 g/mol. The van der Waals surface area contributed by atoms with E-state index in [0.717, 1.165) is 60.9 Å². The van der Waals surface area contributed by atoms with E-state index >= 15 is 0 Å². The Morgan fingerprint density at radius 2 is 1.04 bits per heavy atom. The molecule has 246 valence electrons. The number of fused-ring (bicyclic) bond motifs is 6. The second kappa shape index (κ2) is 11.8. The van der Waals surface area contributed by atoms with E-state index in [1.54, 1.807) is 0 Å². The zero-order valence-electron chi connectivity index (χ0n) is 28.8. The third-order valence-electron chi connectivity index (χ3n) is 10.5. The summed E-state index contributed by atoms with van der Waals surface area (Å²) in [5.41, 5.74) is 11.6. The Bertz CT molecular complexity index is 2810. The van der Waals surface area contributed by atoms with Gasteiger partial charge in [-0.3, -0.25) is 0 Å². The van der Waals surface area contributed by atoms with Gasteiger partial charge in [0.2, 0.25) is 0 Å². The molecule has 3 heterocycles. The number of para-hydroxylation sites is 1. The highest BCUT2D eigenvalue weighted by atomic mass is 28.3. The molecule has 52 heavy (non-hydrogen) atoms. The van der Waals surface area contributed by atoms with Crippen molar-refractivity contribution in [1.29, 1.82) is 0 Å². The zero-order valence-corrected chi connectivity index (χ0v) is 29.8. The van der Waals surface area contributed by atoms with E-state index in [1.165, 1.54) is 21.5 Å². The zero-order chi connectivity index (χ0) is 34.8. The molecule has 0 aliphatic carbocycles. The standard InChI is InChI=1S/C47H33N3OSi/c1-52(2)41-24-13-12-21-36(41)38-28-27-34(31-17-8-4-9-18-31)42(44(38)52)47-49-45(32-19-10-5-11-20-32)48-46(50-47)39-23-14-22-37-35-26-25-33(29-40(35)51-43(37)39)30-15-6-3-7-16-30/h3-29H,1-2H3. The van der Waals surface area contributed by atoms with Crippen LogP contribution in [0.1, 0.15) is 0 Å². The lowest BCUT2D eigenvalue weighted by molar-refractivity contribution is 0.669. The summed E-state index contributed by atoms with van der Waals surface area (Å²) in [5, 5.41) is 4.90. The maximum absolute atomic E-state index is 6.74. The molecule has 9 aromatic rings. The fourth-order valence-electron chi connectivity index (χ4n) is 8.07. The molecule has 0 unspecified atom stereocenters. The molecule has 0 spiro atoms. The van der Waals surface area contributed by atoms with Crippen molar-refractivity contribution in [3.63, 3.8) is 0 Å². The van der Waals surface area contributed by atoms with Crippen molar-refractivity contribution in [2.75, 3.05) is 0 Å². The second-order valence-corrected chi connectivity index (χ2v) is 18.3. The van der Waals surface area contributed by atoms with Crippen LogP contribution in [0, 0.1) is 0 Å². The Kier molecular flexibility index (Phi) is 6.91. The topological polar surface area (TPSA) is 51.8 Å². The maximum atomic E-state index is 6.74. The van der Waals surface area contributed by atoms with Crippen LogP contribution in [0.25, 0.3) is 89.5 Å². The fourth-order valence-corrected chi connectivity index (χ4v) is 11.5. The Hall–Kier alpha value is -6.43. The highest BCUT2D eigenvalue weighted by Gasteiger charge is 2.41. The van der Waals surface area contributed by atoms with Crippen molar-refractivity contribution in [1.82, 2.24) is 15.0 Å². The van der Waals surface area contributed by atoms with Gasteiger partial charge in [-0.15, -0.1) is 0 Å². The van der Waals surface area contributed by atoms with Crippen molar-refractivity contribution < 1.29 is 4.42 Å². The molecule has 1 aliphatic heterocycles. The monoisotopic (exact) mass is 683 g/mol. The number of rotatable bonds is 5. The number of furan rings is 1. The van der Waals surface area contributed by atoms with Gasteiger partial charge in [0.1, 0.15) is 19.2 Å². The van der Waals surface area contributed by atoms with Gasteiger partial charge in [-0.25, -0.2) is 15.0 Å². The smallest absolute Gasteiger partial charge is 0.167 e. The lowest BCUT2D eigenvalue weighted by Gasteiger charge is -2.24. The summed E-state index contributed by atoms with van der Waals surface area (Å²) in [5.74, 6) is 1.89. The third-order valence-corrected chi connectivity index (χ3v) is 14.1. The first-order valence-corrected chi connectivity index (χ1v) is 20.7. The third kappa shape index (κ3) is 4.78. The summed E-state index contributed by atoms with van der Waals surface area (Å²) in [6.45, 7) is 4.91. The Labute approximate surface area is 303 Å². The Balaban J connectivity index is 1.25. The van der Waals surface area contributed by atoms with Crippen LogP contribution in [0.3, 0.4) is 0 Å². The van der Waals surface area contributed by atoms with E-state index in [4.69, 9.17) is 19.4 Å².